The molecule has 1 aromatic heterocycles. The zero-order valence-corrected chi connectivity index (χ0v) is 14.9. The molecule has 2 saturated heterocycles. The number of nitrogens with zero attached hydrogens (tertiary/aromatic N) is 2. The summed E-state index contributed by atoms with van der Waals surface area (Å²) in [7, 11) is 0. The molecule has 2 atom stereocenters. The van der Waals surface area contributed by atoms with Crippen LogP contribution in [-0.4, -0.2) is 42.6 Å². The van der Waals surface area contributed by atoms with Crippen LogP contribution in [0, 0.1) is 5.41 Å². The molecule has 3 N–H and O–H groups in total. The van der Waals surface area contributed by atoms with E-state index >= 15 is 0 Å². The van der Waals surface area contributed by atoms with Crippen LogP contribution >= 0.6 is 0 Å². The largest absolute Gasteiger partial charge is 0.494 e. The quantitative estimate of drug-likeness (QED) is 0.638. The van der Waals surface area contributed by atoms with E-state index in [2.05, 4.69) is 9.88 Å². The second-order valence-electron chi connectivity index (χ2n) is 6.71. The van der Waals surface area contributed by atoms with Crippen LogP contribution in [0.15, 0.2) is 36.5 Å². The molecular weight excluding hydrogens is 328 g/mol. The molecule has 1 aromatic carbocycles. The van der Waals surface area contributed by atoms with Crippen molar-refractivity contribution in [2.24, 2.45) is 0 Å². The molecule has 0 amide bonds. The molecule has 0 spiro atoms. The maximum Gasteiger partial charge on any atom is 0.129 e. The summed E-state index contributed by atoms with van der Waals surface area (Å²) in [6.45, 7) is 4.28. The standard InChI is InChI=1S/C20H24N4O2/c1-2-25-14-3-4-16(21)15(12-14)20(22)13-5-8-23-19(11-13)24-9-6-18-17(24)7-10-26-18/h3-5,8,11-12,17-18,22H,2,6-7,9-10,21H2,1H3. The van der Waals surface area contributed by atoms with Crippen molar-refractivity contribution in [3.05, 3.63) is 47.7 Å². The number of anilines is 2. The fourth-order valence-corrected chi connectivity index (χ4v) is 3.88. The Morgan fingerprint density at radius 1 is 1.35 bits per heavy atom. The van der Waals surface area contributed by atoms with Crippen molar-refractivity contribution < 1.29 is 9.47 Å². The average molecular weight is 352 g/mol. The topological polar surface area (TPSA) is 84.5 Å². The molecule has 2 aliphatic rings. The van der Waals surface area contributed by atoms with Gasteiger partial charge in [-0.05, 0) is 50.1 Å². The number of fused-ring (bicyclic) bond motifs is 1. The third kappa shape index (κ3) is 3.01. The van der Waals surface area contributed by atoms with E-state index in [1.54, 1.807) is 12.3 Å². The minimum absolute atomic E-state index is 0.318. The summed E-state index contributed by atoms with van der Waals surface area (Å²) in [5, 5.41) is 8.65. The maximum atomic E-state index is 8.65. The second-order valence-corrected chi connectivity index (χ2v) is 6.71. The van der Waals surface area contributed by atoms with Crippen LogP contribution in [0.1, 0.15) is 30.9 Å². The second kappa shape index (κ2) is 6.96. The molecular formula is C20H24N4O2. The lowest BCUT2D eigenvalue weighted by Crippen LogP contribution is -2.32. The third-order valence-electron chi connectivity index (χ3n) is 5.16. The highest BCUT2D eigenvalue weighted by molar-refractivity contribution is 6.14. The minimum Gasteiger partial charge on any atom is -0.494 e. The minimum atomic E-state index is 0.318. The van der Waals surface area contributed by atoms with Crippen LogP contribution in [0.3, 0.4) is 0 Å². The summed E-state index contributed by atoms with van der Waals surface area (Å²) < 4.78 is 11.3. The van der Waals surface area contributed by atoms with E-state index in [0.717, 1.165) is 43.1 Å². The summed E-state index contributed by atoms with van der Waals surface area (Å²) in [6, 6.07) is 9.69. The first-order valence-electron chi connectivity index (χ1n) is 9.13. The van der Waals surface area contributed by atoms with Gasteiger partial charge in [0.1, 0.15) is 11.6 Å². The van der Waals surface area contributed by atoms with E-state index < -0.39 is 0 Å². The van der Waals surface area contributed by atoms with Gasteiger partial charge in [0.05, 0.1) is 24.5 Å². The fourth-order valence-electron chi connectivity index (χ4n) is 3.88. The van der Waals surface area contributed by atoms with Gasteiger partial charge in [0.2, 0.25) is 0 Å². The summed E-state index contributed by atoms with van der Waals surface area (Å²) in [4.78, 5) is 6.86. The molecule has 2 aliphatic heterocycles. The van der Waals surface area contributed by atoms with Gasteiger partial charge < -0.3 is 20.1 Å². The molecule has 0 bridgehead atoms. The van der Waals surface area contributed by atoms with Crippen LogP contribution < -0.4 is 15.4 Å². The molecule has 3 heterocycles. The van der Waals surface area contributed by atoms with Crippen molar-refractivity contribution in [3.8, 4) is 5.75 Å². The molecule has 2 aromatic rings. The smallest absolute Gasteiger partial charge is 0.129 e. The maximum absolute atomic E-state index is 8.65. The number of rotatable bonds is 5. The van der Waals surface area contributed by atoms with Crippen molar-refractivity contribution in [2.75, 3.05) is 30.4 Å². The van der Waals surface area contributed by atoms with Gasteiger partial charge >= 0.3 is 0 Å². The molecule has 6 heteroatoms. The van der Waals surface area contributed by atoms with Crippen molar-refractivity contribution in [3.63, 3.8) is 0 Å². The zero-order chi connectivity index (χ0) is 18.1. The Labute approximate surface area is 153 Å². The van der Waals surface area contributed by atoms with E-state index in [9.17, 15) is 0 Å². The molecule has 6 nitrogen and oxygen atoms in total. The molecule has 4 rings (SSSR count). The lowest BCUT2D eigenvalue weighted by Gasteiger charge is -2.24. The van der Waals surface area contributed by atoms with E-state index in [1.807, 2.05) is 31.2 Å². The van der Waals surface area contributed by atoms with Crippen LogP contribution in [0.2, 0.25) is 0 Å². The first-order valence-corrected chi connectivity index (χ1v) is 9.13. The van der Waals surface area contributed by atoms with Gasteiger partial charge in [0.15, 0.2) is 0 Å². The highest BCUT2D eigenvalue weighted by Crippen LogP contribution is 2.33. The van der Waals surface area contributed by atoms with Crippen molar-refractivity contribution in [1.82, 2.24) is 4.98 Å². The summed E-state index contributed by atoms with van der Waals surface area (Å²) >= 11 is 0. The first-order chi connectivity index (χ1) is 12.7. The number of aromatic nitrogens is 1. The summed E-state index contributed by atoms with van der Waals surface area (Å²) in [5.41, 5.74) is 8.55. The van der Waals surface area contributed by atoms with Crippen molar-refractivity contribution >= 4 is 17.2 Å². The first kappa shape index (κ1) is 16.8. The number of hydrogen-bond acceptors (Lipinski definition) is 6. The average Bonchev–Trinajstić information content (AvgIpc) is 3.27. The lowest BCUT2D eigenvalue weighted by atomic mass is 10.0. The Balaban J connectivity index is 1.62. The Bertz CT molecular complexity index is 823. The van der Waals surface area contributed by atoms with Gasteiger partial charge in [-0.2, -0.15) is 0 Å². The van der Waals surface area contributed by atoms with Crippen molar-refractivity contribution in [1.29, 1.82) is 5.41 Å². The lowest BCUT2D eigenvalue weighted by molar-refractivity contribution is 0.113. The normalized spacial score (nSPS) is 21.7. The van der Waals surface area contributed by atoms with E-state index in [0.29, 0.717) is 35.7 Å². The van der Waals surface area contributed by atoms with E-state index in [-0.39, 0.29) is 0 Å². The number of pyridine rings is 1. The number of ether oxygens (including phenoxy) is 2. The SMILES string of the molecule is CCOc1ccc(N)c(C(=N)c2ccnc(N3CCC4OCCC43)c2)c1. The highest BCUT2D eigenvalue weighted by atomic mass is 16.5. The van der Waals surface area contributed by atoms with Gasteiger partial charge in [-0.25, -0.2) is 4.98 Å². The molecule has 26 heavy (non-hydrogen) atoms. The van der Waals surface area contributed by atoms with Gasteiger partial charge in [-0.3, -0.25) is 5.41 Å². The van der Waals surface area contributed by atoms with Gasteiger partial charge in [0.25, 0.3) is 0 Å². The number of nitrogens with one attached hydrogen (secondary N) is 1. The fraction of sp³-hybridized carbons (Fsp3) is 0.400. The molecule has 0 saturated carbocycles. The molecule has 0 radical (unpaired) electrons. The van der Waals surface area contributed by atoms with Crippen LogP contribution in [0.5, 0.6) is 5.75 Å². The van der Waals surface area contributed by atoms with Crippen LogP contribution in [0.25, 0.3) is 0 Å². The van der Waals surface area contributed by atoms with Gasteiger partial charge in [0, 0.05) is 36.2 Å². The Kier molecular flexibility index (Phi) is 4.51. The molecule has 136 valence electrons. The van der Waals surface area contributed by atoms with Crippen LogP contribution in [-0.2, 0) is 4.74 Å². The zero-order valence-electron chi connectivity index (χ0n) is 14.9. The predicted octanol–water partition coefficient (Wildman–Crippen LogP) is 2.85. The monoisotopic (exact) mass is 352 g/mol. The molecule has 2 unspecified atom stereocenters. The van der Waals surface area contributed by atoms with E-state index in [4.69, 9.17) is 20.6 Å². The highest BCUT2D eigenvalue weighted by Gasteiger charge is 2.39. The van der Waals surface area contributed by atoms with E-state index in [1.165, 1.54) is 0 Å². The summed E-state index contributed by atoms with van der Waals surface area (Å²) in [5.74, 6) is 1.63. The van der Waals surface area contributed by atoms with Gasteiger partial charge in [-0.1, -0.05) is 0 Å². The number of nitrogens with two attached hydrogens (primary N) is 1. The summed E-state index contributed by atoms with van der Waals surface area (Å²) in [6.07, 6.45) is 4.16. The molecule has 0 aliphatic carbocycles. The van der Waals surface area contributed by atoms with Crippen molar-refractivity contribution in [2.45, 2.75) is 31.9 Å². The number of benzene rings is 1. The van der Waals surface area contributed by atoms with Crippen LogP contribution in [0.4, 0.5) is 11.5 Å². The van der Waals surface area contributed by atoms with Gasteiger partial charge in [-0.15, -0.1) is 0 Å². The third-order valence-corrected chi connectivity index (χ3v) is 5.16. The Hall–Kier alpha value is -2.60. The number of nitrogen functional groups attached to an aromatic ring is 1. The number of hydrogen-bond donors (Lipinski definition) is 2. The Morgan fingerprint density at radius 2 is 2.23 bits per heavy atom. The predicted molar refractivity (Wildman–Crippen MR) is 102 cm³/mol. The Morgan fingerprint density at radius 3 is 3.08 bits per heavy atom. The molecule has 2 fully saturated rings.